The Hall–Kier alpha value is -3.32. The van der Waals surface area contributed by atoms with Gasteiger partial charge in [0.2, 0.25) is 0 Å². The summed E-state index contributed by atoms with van der Waals surface area (Å²) in [6.07, 6.45) is 1.79. The van der Waals surface area contributed by atoms with E-state index in [4.69, 9.17) is 14.6 Å². The lowest BCUT2D eigenvalue weighted by Gasteiger charge is -2.49. The van der Waals surface area contributed by atoms with Crippen molar-refractivity contribution in [2.75, 3.05) is 32.1 Å². The molecular weight excluding hydrogens is 416 g/mol. The summed E-state index contributed by atoms with van der Waals surface area (Å²) in [6, 6.07) is 19.9. The van der Waals surface area contributed by atoms with Gasteiger partial charge in [0.15, 0.2) is 0 Å². The smallest absolute Gasteiger partial charge is 0.411 e. The van der Waals surface area contributed by atoms with Crippen LogP contribution in [0.15, 0.2) is 60.7 Å². The summed E-state index contributed by atoms with van der Waals surface area (Å²) < 4.78 is 13.1. The van der Waals surface area contributed by atoms with E-state index in [2.05, 4.69) is 22.3 Å². The molecule has 7 nitrogen and oxygen atoms in total. The number of methoxy groups -OCH3 is 1. The zero-order chi connectivity index (χ0) is 22.8. The van der Waals surface area contributed by atoms with Crippen molar-refractivity contribution in [2.24, 2.45) is 13.0 Å². The van der Waals surface area contributed by atoms with E-state index in [0.29, 0.717) is 18.4 Å². The second kappa shape index (κ2) is 9.27. The number of benzene rings is 2. The average molecular weight is 447 g/mol. The highest BCUT2D eigenvalue weighted by Gasteiger charge is 2.42. The summed E-state index contributed by atoms with van der Waals surface area (Å²) in [7, 11) is 3.72. The van der Waals surface area contributed by atoms with Gasteiger partial charge in [0.05, 0.1) is 12.8 Å². The highest BCUT2D eigenvalue weighted by atomic mass is 16.5. The van der Waals surface area contributed by atoms with Gasteiger partial charge in [-0.1, -0.05) is 30.3 Å². The van der Waals surface area contributed by atoms with E-state index < -0.39 is 6.09 Å². The van der Waals surface area contributed by atoms with E-state index in [-0.39, 0.29) is 6.04 Å². The van der Waals surface area contributed by atoms with Gasteiger partial charge in [0.25, 0.3) is 0 Å². The Labute approximate surface area is 194 Å². The SMILES string of the molecule is COc1ccccc1-c1cc([C@H]2CN3CC[C@H]2C[C@@H]3COC(=O)Nc2ccccc2)n(C)n1. The molecule has 1 aromatic heterocycles. The number of carbonyl (C=O) groups excluding carboxylic acids is 1. The molecule has 3 saturated heterocycles. The highest BCUT2D eigenvalue weighted by Crippen LogP contribution is 2.43. The predicted molar refractivity (Wildman–Crippen MR) is 127 cm³/mol. The van der Waals surface area contributed by atoms with Crippen molar-refractivity contribution in [1.82, 2.24) is 14.7 Å². The molecule has 1 amide bonds. The maximum Gasteiger partial charge on any atom is 0.411 e. The first kappa shape index (κ1) is 21.5. The normalized spacial score (nSPS) is 23.8. The van der Waals surface area contributed by atoms with Crippen LogP contribution in [0.2, 0.25) is 0 Å². The van der Waals surface area contributed by atoms with Crippen LogP contribution in [-0.4, -0.2) is 53.6 Å². The van der Waals surface area contributed by atoms with Gasteiger partial charge in [-0.15, -0.1) is 0 Å². The third-order valence-corrected chi connectivity index (χ3v) is 6.98. The van der Waals surface area contributed by atoms with E-state index >= 15 is 0 Å². The zero-order valence-electron chi connectivity index (χ0n) is 19.1. The number of hydrogen-bond acceptors (Lipinski definition) is 5. The number of nitrogens with zero attached hydrogens (tertiary/aromatic N) is 3. The second-order valence-corrected chi connectivity index (χ2v) is 8.91. The Kier molecular flexibility index (Phi) is 6.05. The molecule has 0 aliphatic carbocycles. The minimum atomic E-state index is -0.395. The van der Waals surface area contributed by atoms with E-state index in [1.54, 1.807) is 7.11 Å². The molecule has 3 aromatic rings. The van der Waals surface area contributed by atoms with Crippen LogP contribution >= 0.6 is 0 Å². The molecule has 6 rings (SSSR count). The van der Waals surface area contributed by atoms with Crippen molar-refractivity contribution in [3.8, 4) is 17.0 Å². The van der Waals surface area contributed by atoms with Gasteiger partial charge < -0.3 is 9.47 Å². The lowest BCUT2D eigenvalue weighted by molar-refractivity contribution is -0.00222. The largest absolute Gasteiger partial charge is 0.496 e. The fraction of sp³-hybridized carbons (Fsp3) is 0.385. The molecule has 2 bridgehead atoms. The summed E-state index contributed by atoms with van der Waals surface area (Å²) in [4.78, 5) is 14.7. The zero-order valence-corrected chi connectivity index (χ0v) is 19.1. The molecule has 3 aliphatic rings. The van der Waals surface area contributed by atoms with Gasteiger partial charge >= 0.3 is 6.09 Å². The summed E-state index contributed by atoms with van der Waals surface area (Å²) in [5, 5.41) is 7.60. The van der Waals surface area contributed by atoms with E-state index in [9.17, 15) is 4.79 Å². The Morgan fingerprint density at radius 3 is 2.70 bits per heavy atom. The molecule has 1 N–H and O–H groups in total. The Morgan fingerprint density at radius 1 is 1.15 bits per heavy atom. The van der Waals surface area contributed by atoms with Gasteiger partial charge in [0, 0.05) is 42.5 Å². The maximum absolute atomic E-state index is 12.2. The van der Waals surface area contributed by atoms with E-state index in [1.807, 2.05) is 60.3 Å². The van der Waals surface area contributed by atoms with Crippen molar-refractivity contribution >= 4 is 11.8 Å². The number of hydrogen-bond donors (Lipinski definition) is 1. The number of aryl methyl sites for hydroxylation is 1. The molecule has 0 spiro atoms. The molecule has 2 aromatic carbocycles. The molecule has 4 atom stereocenters. The quantitative estimate of drug-likeness (QED) is 0.603. The molecule has 0 saturated carbocycles. The van der Waals surface area contributed by atoms with Crippen molar-refractivity contribution in [3.63, 3.8) is 0 Å². The van der Waals surface area contributed by atoms with E-state index in [0.717, 1.165) is 48.6 Å². The van der Waals surface area contributed by atoms with Crippen molar-refractivity contribution < 1.29 is 14.3 Å². The standard InChI is InChI=1S/C26H30N4O3/c1-29-24(15-23(28-29)21-10-6-7-11-25(21)32-2)22-16-30-13-12-18(22)14-20(30)17-33-26(31)27-19-8-4-3-5-9-19/h3-11,15,18,20,22H,12-14,16-17H2,1-2H3,(H,27,31)/t18-,20+,22-/m0/s1. The van der Waals surface area contributed by atoms with Crippen LogP contribution in [0.5, 0.6) is 5.75 Å². The number of fused-ring (bicyclic) bond motifs is 3. The number of piperidine rings is 3. The fourth-order valence-corrected chi connectivity index (χ4v) is 5.31. The highest BCUT2D eigenvalue weighted by molar-refractivity contribution is 5.84. The number of carbonyl (C=O) groups is 1. The summed E-state index contributed by atoms with van der Waals surface area (Å²) in [5.41, 5.74) is 3.96. The van der Waals surface area contributed by atoms with Gasteiger partial charge in [-0.3, -0.25) is 14.9 Å². The summed E-state index contributed by atoms with van der Waals surface area (Å²) in [5.74, 6) is 1.82. The Bertz CT molecular complexity index is 1110. The molecule has 7 heteroatoms. The molecule has 3 fully saturated rings. The third kappa shape index (κ3) is 4.46. The van der Waals surface area contributed by atoms with Crippen LogP contribution < -0.4 is 10.1 Å². The third-order valence-electron chi connectivity index (χ3n) is 6.98. The number of anilines is 1. The van der Waals surface area contributed by atoms with Crippen LogP contribution in [0.4, 0.5) is 10.5 Å². The lowest BCUT2D eigenvalue weighted by Crippen LogP contribution is -2.54. The van der Waals surface area contributed by atoms with Crippen LogP contribution in [0.25, 0.3) is 11.3 Å². The number of amides is 1. The molecular formula is C26H30N4O3. The molecule has 0 radical (unpaired) electrons. The summed E-state index contributed by atoms with van der Waals surface area (Å²) >= 11 is 0. The van der Waals surface area contributed by atoms with Gasteiger partial charge in [-0.25, -0.2) is 4.79 Å². The minimum absolute atomic E-state index is 0.267. The van der Waals surface area contributed by atoms with Crippen molar-refractivity contribution in [1.29, 1.82) is 0 Å². The fourth-order valence-electron chi connectivity index (χ4n) is 5.31. The molecule has 1 unspecified atom stereocenters. The molecule has 33 heavy (non-hydrogen) atoms. The number of rotatable bonds is 6. The van der Waals surface area contributed by atoms with Gasteiger partial charge in [-0.05, 0) is 55.6 Å². The summed E-state index contributed by atoms with van der Waals surface area (Å²) in [6.45, 7) is 2.43. The average Bonchev–Trinajstić information content (AvgIpc) is 3.25. The van der Waals surface area contributed by atoms with Crippen molar-refractivity contribution in [3.05, 3.63) is 66.4 Å². The predicted octanol–water partition coefficient (Wildman–Crippen LogP) is 4.52. The second-order valence-electron chi connectivity index (χ2n) is 8.91. The molecule has 4 heterocycles. The first-order valence-electron chi connectivity index (χ1n) is 11.5. The number of nitrogens with one attached hydrogen (secondary N) is 1. The molecule has 3 aliphatic heterocycles. The van der Waals surface area contributed by atoms with Crippen LogP contribution in [0.3, 0.4) is 0 Å². The number of ether oxygens (including phenoxy) is 2. The topological polar surface area (TPSA) is 68.6 Å². The van der Waals surface area contributed by atoms with Crippen LogP contribution in [0, 0.1) is 5.92 Å². The Balaban J connectivity index is 1.24. The van der Waals surface area contributed by atoms with E-state index in [1.165, 1.54) is 5.69 Å². The van der Waals surface area contributed by atoms with Crippen LogP contribution in [-0.2, 0) is 11.8 Å². The first-order chi connectivity index (χ1) is 16.1. The monoisotopic (exact) mass is 446 g/mol. The number of aromatic nitrogens is 2. The minimum Gasteiger partial charge on any atom is -0.496 e. The lowest BCUT2D eigenvalue weighted by atomic mass is 9.74. The van der Waals surface area contributed by atoms with Crippen molar-refractivity contribution in [2.45, 2.75) is 24.8 Å². The number of para-hydroxylation sites is 2. The van der Waals surface area contributed by atoms with Gasteiger partial charge in [-0.2, -0.15) is 5.10 Å². The molecule has 172 valence electrons. The maximum atomic E-state index is 12.2. The first-order valence-corrected chi connectivity index (χ1v) is 11.5. The van der Waals surface area contributed by atoms with Crippen LogP contribution in [0.1, 0.15) is 24.5 Å². The Morgan fingerprint density at radius 2 is 1.94 bits per heavy atom. The van der Waals surface area contributed by atoms with Gasteiger partial charge in [0.1, 0.15) is 12.4 Å².